The van der Waals surface area contributed by atoms with Crippen LogP contribution in [-0.4, -0.2) is 60.8 Å². The first-order valence-corrected chi connectivity index (χ1v) is 0. The zero-order valence-electron chi connectivity index (χ0n) is 0.762. The summed E-state index contributed by atoms with van der Waals surface area (Å²) < 4.78 is 0. The van der Waals surface area contributed by atoms with Crippen LogP contribution in [0.1, 0.15) is 0 Å². The number of hydrogen-bond acceptors (Lipinski definition) is 0. The maximum absolute atomic E-state index is 0. The Balaban J connectivity index is 0. The van der Waals surface area contributed by atoms with Gasteiger partial charge in [0.2, 0.25) is 0 Å². The quantitative estimate of drug-likeness (QED) is 0.382. The Hall–Kier alpha value is 2.84. The zero-order valence-corrected chi connectivity index (χ0v) is 2.68. The van der Waals surface area contributed by atoms with Gasteiger partial charge in [0.15, 0.2) is 0 Å². The van der Waals surface area contributed by atoms with Crippen molar-refractivity contribution in [3.63, 3.8) is 0 Å². The smallest absolute Gasteiger partial charge is 0 e. The second-order valence-corrected chi connectivity index (χ2v) is 0. The van der Waals surface area contributed by atoms with Crippen molar-refractivity contribution in [2.24, 2.45) is 0 Å². The molecule has 0 aliphatic heterocycles. The van der Waals surface area contributed by atoms with Crippen molar-refractivity contribution >= 4 is 73.2 Å². The molecule has 0 fully saturated rings. The fourth-order valence-corrected chi connectivity index (χ4v) is 0. The van der Waals surface area contributed by atoms with E-state index >= 15 is 0 Å². The monoisotopic (exact) mass is 160 g/mol. The molecule has 24 valence electrons. The molecule has 0 radical (unpaired) electrons. The van der Waals surface area contributed by atoms with Crippen LogP contribution in [0.4, 0.5) is 0 Å². The van der Waals surface area contributed by atoms with Gasteiger partial charge in [-0.3, -0.25) is 0 Å². The number of hydrogen-bond donors (Lipinski definition) is 0. The Labute approximate surface area is 88.5 Å². The van der Waals surface area contributed by atoms with Crippen molar-refractivity contribution in [1.29, 1.82) is 0 Å². The van der Waals surface area contributed by atoms with Crippen molar-refractivity contribution in [3.05, 3.63) is 0 Å². The molecular weight excluding hydrogens is 156 g/mol. The van der Waals surface area contributed by atoms with Crippen LogP contribution in [0.15, 0.2) is 0 Å². The van der Waals surface area contributed by atoms with E-state index in [0.29, 0.717) is 0 Å². The van der Waals surface area contributed by atoms with Crippen LogP contribution in [-0.2, 0) is 17.1 Å². The third-order valence-electron chi connectivity index (χ3n) is 0. The summed E-state index contributed by atoms with van der Waals surface area (Å²) >= 11 is 0. The van der Waals surface area contributed by atoms with Crippen LogP contribution >= 0.6 is 12.4 Å². The minimum absolute atomic E-state index is 0. The van der Waals surface area contributed by atoms with Crippen LogP contribution < -0.4 is 0 Å². The standard InChI is InChI=1S/Ca.ClH.Fe.Mg.4H/h;1H;;;;;;. The van der Waals surface area contributed by atoms with Crippen molar-refractivity contribution in [2.75, 3.05) is 0 Å². The first-order chi connectivity index (χ1) is 0. The van der Waals surface area contributed by atoms with Crippen molar-refractivity contribution in [1.82, 2.24) is 0 Å². The largest absolute Gasteiger partial charge is 0.316 e. The molecule has 0 aliphatic rings. The molecule has 0 bridgehead atoms. The van der Waals surface area contributed by atoms with Gasteiger partial charge in [-0.1, -0.05) is 0 Å². The van der Waals surface area contributed by atoms with E-state index in [0.717, 1.165) is 0 Å². The molecule has 0 nitrogen and oxygen atoms in total. The minimum atomic E-state index is 0. The molecule has 4 heavy (non-hydrogen) atoms. The summed E-state index contributed by atoms with van der Waals surface area (Å²) in [7, 11) is 0. The van der Waals surface area contributed by atoms with Gasteiger partial charge >= 0.3 is 60.8 Å². The van der Waals surface area contributed by atoms with Gasteiger partial charge in [-0.15, -0.1) is 12.4 Å². The van der Waals surface area contributed by atoms with E-state index in [9.17, 15) is 0 Å². The van der Waals surface area contributed by atoms with E-state index in [-0.39, 0.29) is 90.3 Å². The summed E-state index contributed by atoms with van der Waals surface area (Å²) in [5, 5.41) is 0. The third-order valence-corrected chi connectivity index (χ3v) is 0. The first kappa shape index (κ1) is 29.0. The van der Waals surface area contributed by atoms with E-state index in [1.54, 1.807) is 0 Å². The topological polar surface area (TPSA) is 0 Å². The summed E-state index contributed by atoms with van der Waals surface area (Å²) in [6.45, 7) is 0. The molecule has 0 atom stereocenters. The Morgan fingerprint density at radius 2 is 1.00 bits per heavy atom. The summed E-state index contributed by atoms with van der Waals surface area (Å²) in [5.74, 6) is 0. The molecular formula is H5CaClFeMg. The average molecular weight is 161 g/mol. The Morgan fingerprint density at radius 1 is 1.00 bits per heavy atom. The molecule has 0 aliphatic carbocycles. The molecule has 0 amide bonds. The van der Waals surface area contributed by atoms with Crippen LogP contribution in [0.25, 0.3) is 0 Å². The fraction of sp³-hybridized carbons (Fsp3) is 0. The van der Waals surface area contributed by atoms with E-state index < -0.39 is 0 Å². The van der Waals surface area contributed by atoms with Gasteiger partial charge in [0, 0.05) is 17.1 Å². The van der Waals surface area contributed by atoms with Gasteiger partial charge in [0.1, 0.15) is 0 Å². The predicted octanol–water partition coefficient (Wildman–Crippen LogP) is -1.41. The normalized spacial score (nSPS) is 0. The van der Waals surface area contributed by atoms with E-state index in [1.807, 2.05) is 0 Å². The molecule has 4 heteroatoms. The van der Waals surface area contributed by atoms with Gasteiger partial charge in [0.05, 0.1) is 0 Å². The molecule has 0 rings (SSSR count). The Bertz CT molecular complexity index is 8.00. The van der Waals surface area contributed by atoms with Gasteiger partial charge in [-0.05, 0) is 0 Å². The first-order valence-electron chi connectivity index (χ1n) is 0. The van der Waals surface area contributed by atoms with E-state index in [1.165, 1.54) is 0 Å². The van der Waals surface area contributed by atoms with Gasteiger partial charge in [-0.25, -0.2) is 0 Å². The Kier molecular flexibility index (Phi) is 123. The zero-order chi connectivity index (χ0) is 0. The molecule has 0 saturated heterocycles. The van der Waals surface area contributed by atoms with Crippen LogP contribution in [0.2, 0.25) is 0 Å². The molecule has 0 heterocycles. The second-order valence-electron chi connectivity index (χ2n) is 0. The second kappa shape index (κ2) is 17.0. The fourth-order valence-electron chi connectivity index (χ4n) is 0. The summed E-state index contributed by atoms with van der Waals surface area (Å²) in [6.07, 6.45) is 0. The molecule has 0 spiro atoms. The summed E-state index contributed by atoms with van der Waals surface area (Å²) in [4.78, 5) is 0. The molecule has 0 saturated carbocycles. The molecule has 0 aromatic heterocycles. The number of halogens is 1. The molecule has 0 unspecified atom stereocenters. The van der Waals surface area contributed by atoms with Gasteiger partial charge in [-0.2, -0.15) is 0 Å². The predicted molar refractivity (Wildman–Crippen MR) is 24.3 cm³/mol. The minimum Gasteiger partial charge on any atom is 0 e. The van der Waals surface area contributed by atoms with Crippen molar-refractivity contribution in [2.45, 2.75) is 0 Å². The van der Waals surface area contributed by atoms with Crippen LogP contribution in [0, 0.1) is 0 Å². The van der Waals surface area contributed by atoms with Crippen LogP contribution in [0.3, 0.4) is 0 Å². The third kappa shape index (κ3) is 8.85. The SMILES string of the molecule is Cl.[CaH2].[Fe].[MgH2]. The summed E-state index contributed by atoms with van der Waals surface area (Å²) in [6, 6.07) is 0. The molecule has 0 aromatic rings. The molecule has 0 aromatic carbocycles. The van der Waals surface area contributed by atoms with Crippen molar-refractivity contribution in [3.8, 4) is 0 Å². The average Bonchev–Trinajstić information content (AvgIpc) is 0. The van der Waals surface area contributed by atoms with Gasteiger partial charge < -0.3 is 0 Å². The van der Waals surface area contributed by atoms with Gasteiger partial charge in [0.25, 0.3) is 0 Å². The number of rotatable bonds is 0. The van der Waals surface area contributed by atoms with Crippen LogP contribution in [0.5, 0.6) is 0 Å². The van der Waals surface area contributed by atoms with Crippen molar-refractivity contribution < 1.29 is 17.1 Å². The van der Waals surface area contributed by atoms with E-state index in [2.05, 4.69) is 0 Å². The molecule has 0 N–H and O–H groups in total. The maximum atomic E-state index is 0. The van der Waals surface area contributed by atoms with E-state index in [4.69, 9.17) is 0 Å². The Morgan fingerprint density at radius 3 is 1.00 bits per heavy atom. The maximum Gasteiger partial charge on any atom is 0.316 e. The summed E-state index contributed by atoms with van der Waals surface area (Å²) in [5.41, 5.74) is 0.